The second kappa shape index (κ2) is 5.89. The van der Waals surface area contributed by atoms with Crippen LogP contribution in [-0.4, -0.2) is 60.5 Å². The van der Waals surface area contributed by atoms with E-state index in [-0.39, 0.29) is 29.2 Å². The highest BCUT2D eigenvalue weighted by atomic mass is 35.5. The third-order valence-corrected chi connectivity index (χ3v) is 3.75. The number of rotatable bonds is 3. The molecule has 3 rings (SSSR count). The summed E-state index contributed by atoms with van der Waals surface area (Å²) in [4.78, 5) is 22.9. The lowest BCUT2D eigenvalue weighted by molar-refractivity contribution is -0.120. The van der Waals surface area contributed by atoms with E-state index in [0.717, 1.165) is 0 Å². The van der Waals surface area contributed by atoms with Gasteiger partial charge in [-0.15, -0.1) is 0 Å². The van der Waals surface area contributed by atoms with Gasteiger partial charge in [-0.25, -0.2) is 4.98 Å². The van der Waals surface area contributed by atoms with E-state index in [1.807, 2.05) is 0 Å². The van der Waals surface area contributed by atoms with Crippen LogP contribution in [0, 0.1) is 0 Å². The number of anilines is 1. The molecule has 10 nitrogen and oxygen atoms in total. The summed E-state index contributed by atoms with van der Waals surface area (Å²) in [7, 11) is 0. The summed E-state index contributed by atoms with van der Waals surface area (Å²) in [6, 6.07) is 0. The number of aliphatic hydroxyl groups excluding tert-OH is 2. The zero-order chi connectivity index (χ0) is 16.7. The molecule has 1 amide bonds. The number of halogens is 1. The normalized spacial score (nSPS) is 27.5. The Kier molecular flexibility index (Phi) is 4.06. The van der Waals surface area contributed by atoms with Gasteiger partial charge in [0.1, 0.15) is 23.8 Å². The summed E-state index contributed by atoms with van der Waals surface area (Å²) in [5.74, 6) is -0.166. The minimum atomic E-state index is -1.24. The van der Waals surface area contributed by atoms with E-state index in [1.54, 1.807) is 0 Å². The van der Waals surface area contributed by atoms with Crippen LogP contribution in [0.15, 0.2) is 6.33 Å². The molecule has 124 valence electrons. The second-order valence-electron chi connectivity index (χ2n) is 5.19. The maximum atomic E-state index is 11.0. The zero-order valence-corrected chi connectivity index (χ0v) is 12.8. The number of ether oxygens (including phenoxy) is 1. The highest BCUT2D eigenvalue weighted by Gasteiger charge is 2.44. The molecule has 2 aromatic rings. The van der Waals surface area contributed by atoms with Gasteiger partial charge in [0.2, 0.25) is 11.2 Å². The van der Waals surface area contributed by atoms with Gasteiger partial charge >= 0.3 is 0 Å². The fourth-order valence-electron chi connectivity index (χ4n) is 2.47. The molecule has 1 saturated heterocycles. The Balaban J connectivity index is 1.91. The number of hydrogen-bond donors (Lipinski definition) is 4. The van der Waals surface area contributed by atoms with Crippen molar-refractivity contribution < 1.29 is 19.7 Å². The summed E-state index contributed by atoms with van der Waals surface area (Å²) in [6.45, 7) is 1.41. The van der Waals surface area contributed by atoms with E-state index in [0.29, 0.717) is 5.52 Å². The summed E-state index contributed by atoms with van der Waals surface area (Å²) >= 11 is 5.79. The molecule has 23 heavy (non-hydrogen) atoms. The van der Waals surface area contributed by atoms with Crippen LogP contribution >= 0.6 is 11.6 Å². The SMILES string of the molecule is CC(=O)NC[C@H]1O[C@@H](n2cnc3c(N)nc(Cl)nc32)[C@H](O)[C@@H]1O. The molecule has 0 unspecified atom stereocenters. The minimum Gasteiger partial charge on any atom is -0.387 e. The Morgan fingerprint density at radius 3 is 2.91 bits per heavy atom. The summed E-state index contributed by atoms with van der Waals surface area (Å²) < 4.78 is 7.05. The molecular weight excluding hydrogens is 328 g/mol. The van der Waals surface area contributed by atoms with E-state index in [9.17, 15) is 15.0 Å². The first-order chi connectivity index (χ1) is 10.9. The standard InChI is InChI=1S/C12H15ClN6O4/c1-4(20)15-2-5-7(21)8(22)11(23-5)19-3-16-6-9(14)17-12(13)18-10(6)19/h3,5,7-8,11,21-22H,2H2,1H3,(H,15,20)(H2,14,17,18)/t5-,7-,8-,11-/m1/s1. The van der Waals surface area contributed by atoms with Crippen LogP contribution in [0.1, 0.15) is 13.2 Å². The fourth-order valence-corrected chi connectivity index (χ4v) is 2.64. The molecule has 0 spiro atoms. The van der Waals surface area contributed by atoms with Gasteiger partial charge < -0.3 is 26.0 Å². The van der Waals surface area contributed by atoms with Crippen LogP contribution in [0.5, 0.6) is 0 Å². The maximum Gasteiger partial charge on any atom is 0.226 e. The number of nitrogens with one attached hydrogen (secondary N) is 1. The van der Waals surface area contributed by atoms with Gasteiger partial charge in [0.15, 0.2) is 17.7 Å². The third kappa shape index (κ3) is 2.81. The number of nitrogens with two attached hydrogens (primary N) is 1. The van der Waals surface area contributed by atoms with Crippen molar-refractivity contribution in [3.63, 3.8) is 0 Å². The Labute approximate surface area is 135 Å². The van der Waals surface area contributed by atoms with Crippen LogP contribution < -0.4 is 11.1 Å². The largest absolute Gasteiger partial charge is 0.387 e. The fraction of sp³-hybridized carbons (Fsp3) is 0.500. The first-order valence-electron chi connectivity index (χ1n) is 6.80. The quantitative estimate of drug-likeness (QED) is 0.509. The molecule has 2 aromatic heterocycles. The molecule has 11 heteroatoms. The molecule has 0 radical (unpaired) electrons. The number of hydrogen-bond acceptors (Lipinski definition) is 8. The number of aliphatic hydroxyl groups is 2. The van der Waals surface area contributed by atoms with Crippen LogP contribution in [0.2, 0.25) is 5.28 Å². The number of imidazole rings is 1. The first kappa shape index (κ1) is 15.9. The molecule has 4 atom stereocenters. The Hall–Kier alpha value is -2.01. The van der Waals surface area contributed by atoms with Crippen molar-refractivity contribution in [3.8, 4) is 0 Å². The van der Waals surface area contributed by atoms with Gasteiger partial charge in [0.05, 0.1) is 6.33 Å². The van der Waals surface area contributed by atoms with Gasteiger partial charge in [-0.2, -0.15) is 9.97 Å². The maximum absolute atomic E-state index is 11.0. The Bertz CT molecular complexity index is 752. The summed E-state index contributed by atoms with van der Waals surface area (Å²) in [5, 5.41) is 22.8. The molecule has 1 aliphatic rings. The Morgan fingerprint density at radius 2 is 2.22 bits per heavy atom. The molecule has 1 aliphatic heterocycles. The third-order valence-electron chi connectivity index (χ3n) is 3.58. The average Bonchev–Trinajstić information content (AvgIpc) is 3.00. The molecule has 5 N–H and O–H groups in total. The van der Waals surface area contributed by atoms with Crippen molar-refractivity contribution in [1.29, 1.82) is 0 Å². The van der Waals surface area contributed by atoms with Gasteiger partial charge in [0.25, 0.3) is 0 Å². The van der Waals surface area contributed by atoms with Crippen LogP contribution in [0.4, 0.5) is 5.82 Å². The molecule has 0 aromatic carbocycles. The smallest absolute Gasteiger partial charge is 0.226 e. The number of amides is 1. The lowest BCUT2D eigenvalue weighted by Crippen LogP contribution is -2.39. The van der Waals surface area contributed by atoms with E-state index in [1.165, 1.54) is 17.8 Å². The second-order valence-corrected chi connectivity index (χ2v) is 5.52. The van der Waals surface area contributed by atoms with Crippen LogP contribution in [-0.2, 0) is 9.53 Å². The molecular formula is C12H15ClN6O4. The van der Waals surface area contributed by atoms with Gasteiger partial charge in [-0.1, -0.05) is 0 Å². The van der Waals surface area contributed by atoms with Crippen LogP contribution in [0.25, 0.3) is 11.2 Å². The highest BCUT2D eigenvalue weighted by Crippen LogP contribution is 2.32. The number of carbonyl (C=O) groups is 1. The van der Waals surface area contributed by atoms with Crippen molar-refractivity contribution >= 4 is 34.5 Å². The van der Waals surface area contributed by atoms with E-state index in [4.69, 9.17) is 22.1 Å². The number of aromatic nitrogens is 4. The molecule has 0 bridgehead atoms. The highest BCUT2D eigenvalue weighted by molar-refractivity contribution is 6.28. The van der Waals surface area contributed by atoms with E-state index in [2.05, 4.69) is 20.3 Å². The monoisotopic (exact) mass is 342 g/mol. The topological polar surface area (TPSA) is 148 Å². The zero-order valence-electron chi connectivity index (χ0n) is 12.0. The molecule has 3 heterocycles. The summed E-state index contributed by atoms with van der Waals surface area (Å²) in [6.07, 6.45) is -2.77. The lowest BCUT2D eigenvalue weighted by Gasteiger charge is -2.16. The van der Waals surface area contributed by atoms with Crippen molar-refractivity contribution in [1.82, 2.24) is 24.8 Å². The molecule has 0 aliphatic carbocycles. The molecule has 1 fully saturated rings. The number of nitrogen functional groups attached to an aromatic ring is 1. The van der Waals surface area contributed by atoms with Crippen molar-refractivity contribution in [3.05, 3.63) is 11.6 Å². The lowest BCUT2D eigenvalue weighted by atomic mass is 10.1. The predicted octanol–water partition coefficient (Wildman–Crippen LogP) is -1.18. The van der Waals surface area contributed by atoms with Gasteiger partial charge in [-0.05, 0) is 11.6 Å². The van der Waals surface area contributed by atoms with Crippen LogP contribution in [0.3, 0.4) is 0 Å². The van der Waals surface area contributed by atoms with Crippen molar-refractivity contribution in [2.45, 2.75) is 31.5 Å². The first-order valence-corrected chi connectivity index (χ1v) is 7.18. The van der Waals surface area contributed by atoms with E-state index < -0.39 is 24.5 Å². The van der Waals surface area contributed by atoms with Gasteiger partial charge in [0, 0.05) is 13.5 Å². The number of carbonyl (C=O) groups excluding carboxylic acids is 1. The van der Waals surface area contributed by atoms with Crippen molar-refractivity contribution in [2.75, 3.05) is 12.3 Å². The minimum absolute atomic E-state index is 0.0641. The molecule has 0 saturated carbocycles. The number of nitrogens with zero attached hydrogens (tertiary/aromatic N) is 4. The van der Waals surface area contributed by atoms with E-state index >= 15 is 0 Å². The predicted molar refractivity (Wildman–Crippen MR) is 79.4 cm³/mol. The number of fused-ring (bicyclic) bond motifs is 1. The Morgan fingerprint density at radius 1 is 1.48 bits per heavy atom. The average molecular weight is 343 g/mol. The van der Waals surface area contributed by atoms with Crippen molar-refractivity contribution in [2.24, 2.45) is 0 Å². The van der Waals surface area contributed by atoms with Gasteiger partial charge in [-0.3, -0.25) is 9.36 Å². The summed E-state index contributed by atoms with van der Waals surface area (Å²) in [5.41, 5.74) is 6.31.